The van der Waals surface area contributed by atoms with Gasteiger partial charge in [-0.1, -0.05) is 0 Å². The Kier molecular flexibility index (Phi) is 2.88. The number of nitrogen functional groups attached to an aromatic ring is 1. The van der Waals surface area contributed by atoms with Crippen LogP contribution < -0.4 is 10.5 Å². The molecular formula is C12H10N4O. The molecule has 0 spiro atoms. The van der Waals surface area contributed by atoms with Crippen molar-refractivity contribution in [3.05, 3.63) is 41.9 Å². The third-order valence-electron chi connectivity index (χ3n) is 2.09. The average molecular weight is 226 g/mol. The lowest BCUT2D eigenvalue weighted by Crippen LogP contribution is -1.95. The predicted octanol–water partition coefficient (Wildman–Crippen LogP) is 2.03. The SMILES string of the molecule is Cc1nccc(Oc2ccc(N)cc2C#N)n1. The van der Waals surface area contributed by atoms with Crippen molar-refractivity contribution < 1.29 is 4.74 Å². The molecule has 1 heterocycles. The molecule has 0 saturated heterocycles. The van der Waals surface area contributed by atoms with E-state index in [0.717, 1.165) is 0 Å². The van der Waals surface area contributed by atoms with Crippen LogP contribution in [0.25, 0.3) is 0 Å². The number of aromatic nitrogens is 2. The number of benzene rings is 1. The number of hydrogen-bond donors (Lipinski definition) is 1. The molecule has 0 amide bonds. The summed E-state index contributed by atoms with van der Waals surface area (Å²) in [4.78, 5) is 8.05. The standard InChI is InChI=1S/C12H10N4O/c1-8-15-5-4-12(16-8)17-11-3-2-10(14)6-9(11)7-13/h2-6H,14H2,1H3. The van der Waals surface area contributed by atoms with Gasteiger partial charge in [0.15, 0.2) is 0 Å². The molecule has 1 aromatic carbocycles. The van der Waals surface area contributed by atoms with E-state index in [9.17, 15) is 0 Å². The van der Waals surface area contributed by atoms with Crippen molar-refractivity contribution in [1.82, 2.24) is 9.97 Å². The number of ether oxygens (including phenoxy) is 1. The van der Waals surface area contributed by atoms with Crippen molar-refractivity contribution in [3.63, 3.8) is 0 Å². The first-order valence-corrected chi connectivity index (χ1v) is 4.96. The molecule has 0 fully saturated rings. The van der Waals surface area contributed by atoms with Crippen LogP contribution in [0.3, 0.4) is 0 Å². The van der Waals surface area contributed by atoms with Crippen molar-refractivity contribution in [3.8, 4) is 17.7 Å². The zero-order chi connectivity index (χ0) is 12.3. The molecule has 0 aliphatic carbocycles. The van der Waals surface area contributed by atoms with Gasteiger partial charge in [0.25, 0.3) is 0 Å². The zero-order valence-electron chi connectivity index (χ0n) is 9.21. The van der Waals surface area contributed by atoms with E-state index in [2.05, 4.69) is 9.97 Å². The maximum Gasteiger partial charge on any atom is 0.222 e. The van der Waals surface area contributed by atoms with Crippen molar-refractivity contribution in [2.45, 2.75) is 6.92 Å². The minimum atomic E-state index is 0.376. The lowest BCUT2D eigenvalue weighted by atomic mass is 10.2. The fraction of sp³-hybridized carbons (Fsp3) is 0.0833. The Hall–Kier alpha value is -2.61. The molecule has 2 N–H and O–H groups in total. The smallest absolute Gasteiger partial charge is 0.222 e. The number of aryl methyl sites for hydroxylation is 1. The Balaban J connectivity index is 2.34. The summed E-state index contributed by atoms with van der Waals surface area (Å²) in [7, 11) is 0. The first kappa shape index (κ1) is 10.9. The number of rotatable bonds is 2. The van der Waals surface area contributed by atoms with Crippen LogP contribution in [0.15, 0.2) is 30.5 Å². The first-order valence-electron chi connectivity index (χ1n) is 4.96. The van der Waals surface area contributed by atoms with Crippen LogP contribution in [0.2, 0.25) is 0 Å². The van der Waals surface area contributed by atoms with E-state index in [-0.39, 0.29) is 0 Å². The van der Waals surface area contributed by atoms with Crippen molar-refractivity contribution >= 4 is 5.69 Å². The van der Waals surface area contributed by atoms with Gasteiger partial charge in [-0.3, -0.25) is 0 Å². The van der Waals surface area contributed by atoms with Crippen LogP contribution in [0.5, 0.6) is 11.6 Å². The van der Waals surface area contributed by atoms with Crippen LogP contribution in [0.1, 0.15) is 11.4 Å². The second kappa shape index (κ2) is 4.49. The van der Waals surface area contributed by atoms with Gasteiger partial charge < -0.3 is 10.5 Å². The zero-order valence-corrected chi connectivity index (χ0v) is 9.21. The molecule has 2 aromatic rings. The topological polar surface area (TPSA) is 84.8 Å². The van der Waals surface area contributed by atoms with E-state index in [1.807, 2.05) is 6.07 Å². The fourth-order valence-corrected chi connectivity index (χ4v) is 1.33. The van der Waals surface area contributed by atoms with Crippen molar-refractivity contribution in [1.29, 1.82) is 5.26 Å². The molecule has 0 atom stereocenters. The average Bonchev–Trinajstić information content (AvgIpc) is 2.31. The van der Waals surface area contributed by atoms with Crippen LogP contribution >= 0.6 is 0 Å². The molecule has 84 valence electrons. The van der Waals surface area contributed by atoms with E-state index in [0.29, 0.717) is 28.7 Å². The molecule has 0 radical (unpaired) electrons. The second-order valence-corrected chi connectivity index (χ2v) is 3.41. The predicted molar refractivity (Wildman–Crippen MR) is 62.4 cm³/mol. The Labute approximate surface area is 98.5 Å². The lowest BCUT2D eigenvalue weighted by Gasteiger charge is -2.06. The second-order valence-electron chi connectivity index (χ2n) is 3.41. The summed E-state index contributed by atoms with van der Waals surface area (Å²) in [5.74, 6) is 1.44. The van der Waals surface area contributed by atoms with Gasteiger partial charge >= 0.3 is 0 Å². The molecule has 0 aliphatic heterocycles. The molecule has 17 heavy (non-hydrogen) atoms. The highest BCUT2D eigenvalue weighted by Gasteiger charge is 2.06. The van der Waals surface area contributed by atoms with Crippen LogP contribution in [-0.2, 0) is 0 Å². The Bertz CT molecular complexity index is 589. The van der Waals surface area contributed by atoms with Crippen molar-refractivity contribution in [2.75, 3.05) is 5.73 Å². The highest BCUT2D eigenvalue weighted by atomic mass is 16.5. The molecule has 0 bridgehead atoms. The Morgan fingerprint density at radius 2 is 2.18 bits per heavy atom. The number of nitrogens with zero attached hydrogens (tertiary/aromatic N) is 3. The van der Waals surface area contributed by atoms with Gasteiger partial charge in [-0.05, 0) is 25.1 Å². The largest absolute Gasteiger partial charge is 0.438 e. The van der Waals surface area contributed by atoms with E-state index in [1.54, 1.807) is 37.4 Å². The van der Waals surface area contributed by atoms with Gasteiger partial charge in [0.1, 0.15) is 17.6 Å². The van der Waals surface area contributed by atoms with Gasteiger partial charge in [-0.2, -0.15) is 10.2 Å². The normalized spacial score (nSPS) is 9.65. The molecular weight excluding hydrogens is 216 g/mol. The summed E-state index contributed by atoms with van der Waals surface area (Å²) in [6.45, 7) is 1.76. The number of hydrogen-bond acceptors (Lipinski definition) is 5. The van der Waals surface area contributed by atoms with Gasteiger partial charge in [0, 0.05) is 18.0 Å². The van der Waals surface area contributed by atoms with Gasteiger partial charge in [0.05, 0.1) is 5.56 Å². The summed E-state index contributed by atoms with van der Waals surface area (Å²) in [5.41, 5.74) is 6.49. The van der Waals surface area contributed by atoms with E-state index >= 15 is 0 Å². The molecule has 1 aromatic heterocycles. The molecule has 5 heteroatoms. The lowest BCUT2D eigenvalue weighted by molar-refractivity contribution is 0.458. The Morgan fingerprint density at radius 1 is 1.35 bits per heavy atom. The summed E-state index contributed by atoms with van der Waals surface area (Å²) >= 11 is 0. The minimum absolute atomic E-state index is 0.376. The fourth-order valence-electron chi connectivity index (χ4n) is 1.33. The minimum Gasteiger partial charge on any atom is -0.438 e. The number of nitrogens with two attached hydrogens (primary N) is 1. The molecule has 0 saturated carbocycles. The van der Waals surface area contributed by atoms with Gasteiger partial charge in [-0.25, -0.2) is 4.98 Å². The first-order chi connectivity index (χ1) is 8.19. The quantitative estimate of drug-likeness (QED) is 0.792. The van der Waals surface area contributed by atoms with E-state index in [1.165, 1.54) is 0 Å². The monoisotopic (exact) mass is 226 g/mol. The summed E-state index contributed by atoms with van der Waals surface area (Å²) < 4.78 is 5.51. The number of anilines is 1. The van der Waals surface area contributed by atoms with Crippen LogP contribution in [-0.4, -0.2) is 9.97 Å². The molecule has 5 nitrogen and oxygen atoms in total. The number of nitriles is 1. The van der Waals surface area contributed by atoms with Gasteiger partial charge in [-0.15, -0.1) is 0 Å². The highest BCUT2D eigenvalue weighted by molar-refractivity contribution is 5.53. The summed E-state index contributed by atoms with van der Waals surface area (Å²) in [5, 5.41) is 8.96. The molecule has 0 aliphatic rings. The van der Waals surface area contributed by atoms with Crippen LogP contribution in [0.4, 0.5) is 5.69 Å². The summed E-state index contributed by atoms with van der Waals surface area (Å²) in [6, 6.07) is 8.53. The molecule has 2 rings (SSSR count). The third kappa shape index (κ3) is 2.49. The maximum absolute atomic E-state index is 8.96. The van der Waals surface area contributed by atoms with Crippen molar-refractivity contribution in [2.24, 2.45) is 0 Å². The maximum atomic E-state index is 8.96. The van der Waals surface area contributed by atoms with Gasteiger partial charge in [0.2, 0.25) is 5.88 Å². The summed E-state index contributed by atoms with van der Waals surface area (Å²) in [6.07, 6.45) is 1.60. The van der Waals surface area contributed by atoms with E-state index in [4.69, 9.17) is 15.7 Å². The highest BCUT2D eigenvalue weighted by Crippen LogP contribution is 2.25. The third-order valence-corrected chi connectivity index (χ3v) is 2.09. The Morgan fingerprint density at radius 3 is 2.88 bits per heavy atom. The van der Waals surface area contributed by atoms with E-state index < -0.39 is 0 Å². The molecule has 0 unspecified atom stereocenters. The van der Waals surface area contributed by atoms with Crippen LogP contribution in [0, 0.1) is 18.3 Å².